The molecule has 2 aromatic heterocycles. The van der Waals surface area contributed by atoms with Crippen LogP contribution in [0.3, 0.4) is 0 Å². The molecule has 3 heterocycles. The maximum absolute atomic E-state index is 6.07. The summed E-state index contributed by atoms with van der Waals surface area (Å²) in [7, 11) is 0. The Hall–Kier alpha value is -2.22. The van der Waals surface area contributed by atoms with Gasteiger partial charge in [0.05, 0.1) is 0 Å². The number of nitrogens with zero attached hydrogens (tertiary/aromatic N) is 2. The molecule has 3 aromatic rings. The third-order valence-electron chi connectivity index (χ3n) is 4.25. The first kappa shape index (κ1) is 16.3. The van der Waals surface area contributed by atoms with Crippen molar-refractivity contribution in [3.8, 4) is 12.0 Å². The van der Waals surface area contributed by atoms with Gasteiger partial charge in [0.25, 0.3) is 0 Å². The van der Waals surface area contributed by atoms with Gasteiger partial charge in [-0.1, -0.05) is 23.7 Å². The number of hydrogen-bond donors (Lipinski definition) is 1. The van der Waals surface area contributed by atoms with Gasteiger partial charge >= 0.3 is 0 Å². The third-order valence-corrected chi connectivity index (χ3v) is 5.35. The molecule has 0 unspecified atom stereocenters. The first-order chi connectivity index (χ1) is 12.3. The molecular weight excluding hydrogens is 350 g/mol. The van der Waals surface area contributed by atoms with Crippen LogP contribution in [0.4, 0.5) is 5.82 Å². The molecule has 1 saturated heterocycles. The molecule has 0 amide bonds. The Balaban J connectivity index is 1.59. The van der Waals surface area contributed by atoms with Gasteiger partial charge in [0.15, 0.2) is 0 Å². The summed E-state index contributed by atoms with van der Waals surface area (Å²) in [5, 5.41) is 7.42. The lowest BCUT2D eigenvalue weighted by Gasteiger charge is -2.09. The van der Waals surface area contributed by atoms with E-state index in [-0.39, 0.29) is 0 Å². The number of benzene rings is 1. The first-order valence-electron chi connectivity index (χ1n) is 8.41. The van der Waals surface area contributed by atoms with Crippen molar-refractivity contribution in [3.05, 3.63) is 58.1 Å². The molecule has 0 saturated carbocycles. The van der Waals surface area contributed by atoms with Crippen LogP contribution in [0.5, 0.6) is 0 Å². The minimum absolute atomic E-state index is 0.682. The van der Waals surface area contributed by atoms with Gasteiger partial charge in [-0.2, -0.15) is 0 Å². The van der Waals surface area contributed by atoms with Crippen LogP contribution >= 0.6 is 22.9 Å². The summed E-state index contributed by atoms with van der Waals surface area (Å²) >= 11 is 7.78. The summed E-state index contributed by atoms with van der Waals surface area (Å²) in [5.74, 6) is 4.11. The van der Waals surface area contributed by atoms with Crippen LogP contribution in [-0.2, 0) is 6.54 Å². The van der Waals surface area contributed by atoms with Gasteiger partial charge in [0, 0.05) is 40.8 Å². The molecule has 1 aromatic carbocycles. The number of pyridine rings is 1. The average Bonchev–Trinajstić information content (AvgIpc) is 3.29. The lowest BCUT2D eigenvalue weighted by atomic mass is 10.2. The average molecular weight is 368 g/mol. The summed E-state index contributed by atoms with van der Waals surface area (Å²) in [4.78, 5) is 6.91. The van der Waals surface area contributed by atoms with E-state index in [4.69, 9.17) is 16.6 Å². The van der Waals surface area contributed by atoms with Crippen LogP contribution in [-0.4, -0.2) is 23.0 Å². The van der Waals surface area contributed by atoms with E-state index in [1.165, 1.54) is 17.5 Å². The molecule has 0 atom stereocenters. The Morgan fingerprint density at radius 1 is 1.20 bits per heavy atom. The highest BCUT2D eigenvalue weighted by molar-refractivity contribution is 7.17. The Morgan fingerprint density at radius 2 is 2.08 bits per heavy atom. The second-order valence-corrected chi connectivity index (χ2v) is 7.49. The number of fused-ring (bicyclic) bond motifs is 1. The molecule has 1 aliphatic heterocycles. The number of nitrogens with one attached hydrogen (secondary N) is 1. The van der Waals surface area contributed by atoms with E-state index in [1.807, 2.05) is 18.2 Å². The fourth-order valence-electron chi connectivity index (χ4n) is 2.96. The Labute approximate surface area is 156 Å². The SMILES string of the molecule is Clc1cccc(CNc2nc(C#CN3CCCC3)cc3sccc23)c1. The zero-order valence-corrected chi connectivity index (χ0v) is 15.3. The van der Waals surface area contributed by atoms with E-state index in [2.05, 4.69) is 45.8 Å². The van der Waals surface area contributed by atoms with Gasteiger partial charge in [0.1, 0.15) is 11.5 Å². The van der Waals surface area contributed by atoms with Crippen molar-refractivity contribution in [1.29, 1.82) is 0 Å². The van der Waals surface area contributed by atoms with Crippen molar-refractivity contribution in [2.75, 3.05) is 18.4 Å². The smallest absolute Gasteiger partial charge is 0.136 e. The minimum Gasteiger partial charge on any atom is -0.365 e. The van der Waals surface area contributed by atoms with E-state index in [1.54, 1.807) is 11.3 Å². The van der Waals surface area contributed by atoms with Gasteiger partial charge in [0.2, 0.25) is 0 Å². The fraction of sp³-hybridized carbons (Fsp3) is 0.250. The highest BCUT2D eigenvalue weighted by Gasteiger charge is 2.09. The second kappa shape index (κ2) is 7.35. The maximum Gasteiger partial charge on any atom is 0.136 e. The number of aromatic nitrogens is 1. The molecule has 25 heavy (non-hydrogen) atoms. The Bertz CT molecular complexity index is 948. The summed E-state index contributed by atoms with van der Waals surface area (Å²) in [5.41, 5.74) is 1.95. The van der Waals surface area contributed by atoms with Crippen molar-refractivity contribution in [2.24, 2.45) is 0 Å². The van der Waals surface area contributed by atoms with Crippen molar-refractivity contribution in [3.63, 3.8) is 0 Å². The fourth-order valence-corrected chi connectivity index (χ4v) is 4.00. The first-order valence-corrected chi connectivity index (χ1v) is 9.67. The van der Waals surface area contributed by atoms with Crippen molar-refractivity contribution in [1.82, 2.24) is 9.88 Å². The monoisotopic (exact) mass is 367 g/mol. The van der Waals surface area contributed by atoms with E-state index in [0.717, 1.165) is 40.6 Å². The van der Waals surface area contributed by atoms with E-state index >= 15 is 0 Å². The molecule has 0 spiro atoms. The Morgan fingerprint density at radius 3 is 2.92 bits per heavy atom. The maximum atomic E-state index is 6.07. The van der Waals surface area contributed by atoms with E-state index in [0.29, 0.717) is 6.54 Å². The van der Waals surface area contributed by atoms with Gasteiger partial charge in [-0.05, 0) is 54.0 Å². The predicted molar refractivity (Wildman–Crippen MR) is 106 cm³/mol. The number of thiophene rings is 1. The summed E-state index contributed by atoms with van der Waals surface area (Å²) in [6, 6.07) is 15.3. The molecular formula is C20H18ClN3S. The van der Waals surface area contributed by atoms with Crippen LogP contribution in [0.15, 0.2) is 41.8 Å². The zero-order valence-electron chi connectivity index (χ0n) is 13.8. The van der Waals surface area contributed by atoms with Gasteiger partial charge < -0.3 is 10.2 Å². The van der Waals surface area contributed by atoms with E-state index in [9.17, 15) is 0 Å². The van der Waals surface area contributed by atoms with Gasteiger partial charge in [-0.25, -0.2) is 4.98 Å². The molecule has 0 radical (unpaired) electrons. The normalized spacial score (nSPS) is 13.7. The Kier molecular flexibility index (Phi) is 4.78. The molecule has 4 rings (SSSR count). The lowest BCUT2D eigenvalue weighted by molar-refractivity contribution is 0.496. The van der Waals surface area contributed by atoms with Crippen LogP contribution < -0.4 is 5.32 Å². The summed E-state index contributed by atoms with van der Waals surface area (Å²) in [6.45, 7) is 2.81. The molecule has 3 nitrogen and oxygen atoms in total. The van der Waals surface area contributed by atoms with Crippen LogP contribution in [0.1, 0.15) is 24.1 Å². The predicted octanol–water partition coefficient (Wildman–Crippen LogP) is 4.97. The van der Waals surface area contributed by atoms with Crippen molar-refractivity contribution in [2.45, 2.75) is 19.4 Å². The minimum atomic E-state index is 0.682. The molecule has 1 fully saturated rings. The molecule has 5 heteroatoms. The second-order valence-electron chi connectivity index (χ2n) is 6.10. The third kappa shape index (κ3) is 3.89. The largest absolute Gasteiger partial charge is 0.365 e. The van der Waals surface area contributed by atoms with Crippen LogP contribution in [0.25, 0.3) is 10.1 Å². The number of halogens is 1. The molecule has 0 bridgehead atoms. The van der Waals surface area contributed by atoms with Crippen LogP contribution in [0, 0.1) is 12.0 Å². The molecule has 1 aliphatic rings. The standard InChI is InChI=1S/C20H18ClN3S/c21-16-5-3-4-15(12-16)14-22-20-18-7-11-25-19(18)13-17(23-20)6-10-24-8-1-2-9-24/h3-5,7,11-13H,1-2,8-9,14H2,(H,22,23). The molecule has 0 aliphatic carbocycles. The van der Waals surface area contributed by atoms with Crippen molar-refractivity contribution >= 4 is 38.8 Å². The van der Waals surface area contributed by atoms with Crippen LogP contribution in [0.2, 0.25) is 5.02 Å². The highest BCUT2D eigenvalue weighted by atomic mass is 35.5. The number of rotatable bonds is 3. The number of anilines is 1. The lowest BCUT2D eigenvalue weighted by Crippen LogP contribution is -2.11. The quantitative estimate of drug-likeness (QED) is 0.662. The summed E-state index contributed by atoms with van der Waals surface area (Å²) in [6.07, 6.45) is 2.47. The molecule has 126 valence electrons. The van der Waals surface area contributed by atoms with Gasteiger partial charge in [-0.15, -0.1) is 11.3 Å². The van der Waals surface area contributed by atoms with Gasteiger partial charge in [-0.3, -0.25) is 0 Å². The highest BCUT2D eigenvalue weighted by Crippen LogP contribution is 2.28. The number of likely N-dealkylation sites (tertiary alicyclic amines) is 1. The van der Waals surface area contributed by atoms with E-state index < -0.39 is 0 Å². The molecule has 1 N–H and O–H groups in total. The number of hydrogen-bond acceptors (Lipinski definition) is 4. The topological polar surface area (TPSA) is 28.2 Å². The summed E-state index contributed by atoms with van der Waals surface area (Å²) < 4.78 is 1.20. The zero-order chi connectivity index (χ0) is 17.1. The van der Waals surface area contributed by atoms with Crippen molar-refractivity contribution < 1.29 is 0 Å².